The van der Waals surface area contributed by atoms with Gasteiger partial charge in [-0.05, 0) is 29.8 Å². The maximum atomic E-state index is 13.0. The molecule has 30 heavy (non-hydrogen) atoms. The summed E-state index contributed by atoms with van der Waals surface area (Å²) in [6, 6.07) is 27.1. The van der Waals surface area contributed by atoms with Gasteiger partial charge in [0.25, 0.3) is 5.91 Å². The van der Waals surface area contributed by atoms with E-state index in [1.54, 1.807) is 23.7 Å². The Morgan fingerprint density at radius 2 is 1.57 bits per heavy atom. The topological polar surface area (TPSA) is 60.3 Å². The molecule has 0 saturated heterocycles. The molecule has 150 valence electrons. The number of aromatic nitrogens is 3. The smallest absolute Gasteiger partial charge is 0.293 e. The fraction of sp³-hybridized carbons (Fsp3) is 0.125. The number of carbonyl (C=O) groups excluding carboxylic acids is 1. The van der Waals surface area contributed by atoms with Gasteiger partial charge in [0.05, 0.1) is 12.8 Å². The highest BCUT2D eigenvalue weighted by Gasteiger charge is 2.21. The molecule has 0 aliphatic heterocycles. The van der Waals surface area contributed by atoms with Gasteiger partial charge < -0.3 is 9.64 Å². The van der Waals surface area contributed by atoms with Crippen molar-refractivity contribution in [1.29, 1.82) is 0 Å². The molecule has 0 radical (unpaired) electrons. The summed E-state index contributed by atoms with van der Waals surface area (Å²) in [6.07, 6.45) is 0. The molecule has 0 atom stereocenters. The summed E-state index contributed by atoms with van der Waals surface area (Å²) in [5.74, 6) is 1.28. The van der Waals surface area contributed by atoms with Crippen LogP contribution in [-0.2, 0) is 6.54 Å². The van der Waals surface area contributed by atoms with Crippen LogP contribution in [0.2, 0.25) is 0 Å². The molecule has 6 nitrogen and oxygen atoms in total. The monoisotopic (exact) mass is 398 g/mol. The molecule has 0 N–H and O–H groups in total. The number of hydrogen-bond donors (Lipinski definition) is 0. The highest BCUT2D eigenvalue weighted by atomic mass is 16.5. The quantitative estimate of drug-likeness (QED) is 0.488. The van der Waals surface area contributed by atoms with Crippen molar-refractivity contribution in [2.75, 3.05) is 14.2 Å². The van der Waals surface area contributed by atoms with E-state index in [0.29, 0.717) is 12.4 Å². The summed E-state index contributed by atoms with van der Waals surface area (Å²) < 4.78 is 6.94. The molecule has 0 aliphatic rings. The molecule has 4 aromatic rings. The fourth-order valence-electron chi connectivity index (χ4n) is 3.18. The summed E-state index contributed by atoms with van der Waals surface area (Å²) in [4.78, 5) is 19.3. The lowest BCUT2D eigenvalue weighted by molar-refractivity contribution is 0.0773. The number of nitrogens with zero attached hydrogens (tertiary/aromatic N) is 4. The predicted molar refractivity (Wildman–Crippen MR) is 116 cm³/mol. The lowest BCUT2D eigenvalue weighted by Crippen LogP contribution is -2.27. The average Bonchev–Trinajstić information content (AvgIpc) is 3.25. The molecule has 4 rings (SSSR count). The fourth-order valence-corrected chi connectivity index (χ4v) is 3.18. The van der Waals surface area contributed by atoms with Gasteiger partial charge in [-0.15, -0.1) is 5.10 Å². The average molecular weight is 398 g/mol. The molecule has 0 fully saturated rings. The van der Waals surface area contributed by atoms with E-state index in [2.05, 4.69) is 10.1 Å². The third-order valence-electron chi connectivity index (χ3n) is 4.76. The van der Waals surface area contributed by atoms with E-state index in [0.717, 1.165) is 22.6 Å². The Morgan fingerprint density at radius 3 is 2.20 bits per heavy atom. The Labute approximate surface area is 175 Å². The van der Waals surface area contributed by atoms with Crippen molar-refractivity contribution < 1.29 is 9.53 Å². The molecule has 0 aliphatic carbocycles. The van der Waals surface area contributed by atoms with Gasteiger partial charge in [-0.1, -0.05) is 60.7 Å². The van der Waals surface area contributed by atoms with Crippen LogP contribution in [-0.4, -0.2) is 39.7 Å². The number of carbonyl (C=O) groups is 1. The van der Waals surface area contributed by atoms with Crippen LogP contribution in [0.5, 0.6) is 5.75 Å². The molecule has 0 saturated carbocycles. The number of rotatable bonds is 6. The van der Waals surface area contributed by atoms with Crippen LogP contribution in [0.1, 0.15) is 16.2 Å². The number of hydrogen-bond acceptors (Lipinski definition) is 4. The highest BCUT2D eigenvalue weighted by molar-refractivity contribution is 5.90. The van der Waals surface area contributed by atoms with Gasteiger partial charge >= 0.3 is 0 Å². The van der Waals surface area contributed by atoms with Gasteiger partial charge in [-0.25, -0.2) is 9.67 Å². The van der Waals surface area contributed by atoms with E-state index in [1.165, 1.54) is 0 Å². The van der Waals surface area contributed by atoms with Crippen molar-refractivity contribution in [3.63, 3.8) is 0 Å². The van der Waals surface area contributed by atoms with E-state index in [4.69, 9.17) is 4.74 Å². The molecule has 1 heterocycles. The zero-order valence-electron chi connectivity index (χ0n) is 16.9. The summed E-state index contributed by atoms with van der Waals surface area (Å²) in [5, 5.41) is 4.55. The van der Waals surface area contributed by atoms with Crippen LogP contribution in [0.3, 0.4) is 0 Å². The van der Waals surface area contributed by atoms with Crippen molar-refractivity contribution in [2.45, 2.75) is 6.54 Å². The van der Waals surface area contributed by atoms with Crippen molar-refractivity contribution in [3.8, 4) is 22.8 Å². The second-order valence-electron chi connectivity index (χ2n) is 6.88. The van der Waals surface area contributed by atoms with E-state index in [1.807, 2.05) is 84.9 Å². The SMILES string of the molecule is COc1ccc(-n2nc(C(=O)N(C)Cc3ccccc3)nc2-c2ccccc2)cc1. The molecule has 6 heteroatoms. The summed E-state index contributed by atoms with van der Waals surface area (Å²) in [5.41, 5.74) is 2.73. The maximum Gasteiger partial charge on any atom is 0.293 e. The Hall–Kier alpha value is -3.93. The first kappa shape index (κ1) is 19.4. The van der Waals surface area contributed by atoms with Crippen LogP contribution in [0, 0.1) is 0 Å². The lowest BCUT2D eigenvalue weighted by atomic mass is 10.2. The zero-order chi connectivity index (χ0) is 20.9. The first-order valence-electron chi connectivity index (χ1n) is 9.62. The van der Waals surface area contributed by atoms with Gasteiger partial charge in [0.15, 0.2) is 5.82 Å². The Morgan fingerprint density at radius 1 is 0.933 bits per heavy atom. The Kier molecular flexibility index (Phi) is 5.57. The third-order valence-corrected chi connectivity index (χ3v) is 4.76. The standard InChI is InChI=1S/C24H22N4O2/c1-27(17-18-9-5-3-6-10-18)24(29)22-25-23(19-11-7-4-8-12-19)28(26-22)20-13-15-21(30-2)16-14-20/h3-16H,17H2,1-2H3. The number of amides is 1. The highest BCUT2D eigenvalue weighted by Crippen LogP contribution is 2.23. The van der Waals surface area contributed by atoms with E-state index < -0.39 is 0 Å². The van der Waals surface area contributed by atoms with Gasteiger partial charge in [-0.2, -0.15) is 0 Å². The molecular formula is C24H22N4O2. The number of methoxy groups -OCH3 is 1. The van der Waals surface area contributed by atoms with Gasteiger partial charge in [0, 0.05) is 19.2 Å². The maximum absolute atomic E-state index is 13.0. The minimum Gasteiger partial charge on any atom is -0.497 e. The van der Waals surface area contributed by atoms with E-state index in [-0.39, 0.29) is 11.7 Å². The molecule has 1 aromatic heterocycles. The minimum absolute atomic E-state index is 0.156. The molecule has 1 amide bonds. The van der Waals surface area contributed by atoms with Gasteiger partial charge in [-0.3, -0.25) is 4.79 Å². The Bertz CT molecular complexity index is 1120. The van der Waals surface area contributed by atoms with Gasteiger partial charge in [0.2, 0.25) is 5.82 Å². The lowest BCUT2D eigenvalue weighted by Gasteiger charge is -2.15. The normalized spacial score (nSPS) is 10.6. The zero-order valence-corrected chi connectivity index (χ0v) is 16.9. The summed E-state index contributed by atoms with van der Waals surface area (Å²) >= 11 is 0. The number of ether oxygens (including phenoxy) is 1. The third kappa shape index (κ3) is 4.07. The summed E-state index contributed by atoms with van der Waals surface area (Å²) in [7, 11) is 3.38. The molecular weight excluding hydrogens is 376 g/mol. The molecule has 0 spiro atoms. The molecule has 0 bridgehead atoms. The first-order valence-corrected chi connectivity index (χ1v) is 9.62. The second-order valence-corrected chi connectivity index (χ2v) is 6.88. The molecule has 0 unspecified atom stereocenters. The van der Waals surface area contributed by atoms with Crippen LogP contribution in [0.4, 0.5) is 0 Å². The second kappa shape index (κ2) is 8.61. The van der Waals surface area contributed by atoms with E-state index in [9.17, 15) is 4.79 Å². The van der Waals surface area contributed by atoms with Crippen LogP contribution in [0.25, 0.3) is 17.1 Å². The molecule has 3 aromatic carbocycles. The predicted octanol–water partition coefficient (Wildman–Crippen LogP) is 4.22. The first-order chi connectivity index (χ1) is 14.7. The van der Waals surface area contributed by atoms with Crippen molar-refractivity contribution in [3.05, 3.63) is 96.3 Å². The largest absolute Gasteiger partial charge is 0.497 e. The Balaban J connectivity index is 1.70. The van der Waals surface area contributed by atoms with Crippen LogP contribution in [0.15, 0.2) is 84.9 Å². The van der Waals surface area contributed by atoms with Crippen LogP contribution >= 0.6 is 0 Å². The van der Waals surface area contributed by atoms with Crippen molar-refractivity contribution in [1.82, 2.24) is 19.7 Å². The summed E-state index contributed by atoms with van der Waals surface area (Å²) in [6.45, 7) is 0.484. The van der Waals surface area contributed by atoms with E-state index >= 15 is 0 Å². The van der Waals surface area contributed by atoms with Crippen LogP contribution < -0.4 is 4.74 Å². The minimum atomic E-state index is -0.233. The van der Waals surface area contributed by atoms with Crippen molar-refractivity contribution >= 4 is 5.91 Å². The number of benzene rings is 3. The van der Waals surface area contributed by atoms with Gasteiger partial charge in [0.1, 0.15) is 5.75 Å². The van der Waals surface area contributed by atoms with Crippen molar-refractivity contribution in [2.24, 2.45) is 0 Å².